The molecule has 0 aliphatic carbocycles. The van der Waals surface area contributed by atoms with Crippen molar-refractivity contribution < 1.29 is 32.3 Å². The molecule has 0 spiro atoms. The van der Waals surface area contributed by atoms with Gasteiger partial charge in [-0.1, -0.05) is 47.6 Å². The van der Waals surface area contributed by atoms with E-state index in [9.17, 15) is 28.2 Å². The maximum absolute atomic E-state index is 15.4. The molecule has 0 unspecified atom stereocenters. The molecule has 12 heteroatoms. The highest BCUT2D eigenvalue weighted by Crippen LogP contribution is 2.30. The number of pyridine rings is 1. The van der Waals surface area contributed by atoms with E-state index in [2.05, 4.69) is 10.1 Å². The molecular formula is C30H26F4N4O4. The first-order valence-corrected chi connectivity index (χ1v) is 13.0. The number of fused-ring (bicyclic) bond motifs is 1. The molecule has 0 amide bonds. The molecule has 2 heterocycles. The van der Waals surface area contributed by atoms with Gasteiger partial charge in [-0.3, -0.25) is 4.79 Å². The number of rotatable bonds is 10. The molecule has 0 saturated heterocycles. The largest absolute Gasteiger partial charge is 0.416 e. The topological polar surface area (TPSA) is 105 Å². The number of hydrogen-bond acceptors (Lipinski definition) is 7. The molecular weight excluding hydrogens is 556 g/mol. The van der Waals surface area contributed by atoms with E-state index in [1.165, 1.54) is 29.3 Å². The summed E-state index contributed by atoms with van der Waals surface area (Å²) in [5.74, 6) is -0.506. The van der Waals surface area contributed by atoms with Crippen LogP contribution in [0.25, 0.3) is 22.3 Å². The second-order valence-electron chi connectivity index (χ2n) is 9.62. The van der Waals surface area contributed by atoms with E-state index in [1.807, 2.05) is 30.3 Å². The minimum atomic E-state index is -4.50. The third kappa shape index (κ3) is 6.19. The van der Waals surface area contributed by atoms with Crippen LogP contribution in [0.3, 0.4) is 0 Å². The average Bonchev–Trinajstić information content (AvgIpc) is 3.43. The van der Waals surface area contributed by atoms with Crippen LogP contribution in [0.15, 0.2) is 82.2 Å². The molecule has 0 atom stereocenters. The quantitative estimate of drug-likeness (QED) is 0.231. The van der Waals surface area contributed by atoms with Crippen molar-refractivity contribution in [2.24, 2.45) is 0 Å². The van der Waals surface area contributed by atoms with Gasteiger partial charge in [0.15, 0.2) is 0 Å². The Bertz CT molecular complexity index is 1730. The van der Waals surface area contributed by atoms with Gasteiger partial charge in [0.1, 0.15) is 5.82 Å². The number of anilines is 1. The van der Waals surface area contributed by atoms with Crippen LogP contribution in [0.1, 0.15) is 22.6 Å². The van der Waals surface area contributed by atoms with Crippen LogP contribution < -0.4 is 10.3 Å². The number of halogens is 4. The van der Waals surface area contributed by atoms with Gasteiger partial charge in [-0.2, -0.15) is 18.2 Å². The second-order valence-corrected chi connectivity index (χ2v) is 9.62. The first kappa shape index (κ1) is 29.0. The van der Waals surface area contributed by atoms with E-state index >= 15 is 4.39 Å². The number of hydrogen-bond donors (Lipinski definition) is 2. The van der Waals surface area contributed by atoms with Crippen molar-refractivity contribution >= 4 is 16.6 Å². The van der Waals surface area contributed by atoms with Crippen LogP contribution in [0, 0.1) is 5.82 Å². The van der Waals surface area contributed by atoms with Crippen LogP contribution in [0.4, 0.5) is 23.2 Å². The summed E-state index contributed by atoms with van der Waals surface area (Å²) >= 11 is 0. The Kier molecular flexibility index (Phi) is 8.36. The maximum Gasteiger partial charge on any atom is 0.416 e. The van der Waals surface area contributed by atoms with Gasteiger partial charge in [0.2, 0.25) is 17.1 Å². The third-order valence-corrected chi connectivity index (χ3v) is 6.77. The van der Waals surface area contributed by atoms with Crippen molar-refractivity contribution in [3.05, 3.63) is 112 Å². The summed E-state index contributed by atoms with van der Waals surface area (Å²) < 4.78 is 61.7. The number of benzene rings is 3. The second kappa shape index (κ2) is 12.1. The van der Waals surface area contributed by atoms with Crippen molar-refractivity contribution in [3.8, 4) is 11.4 Å². The monoisotopic (exact) mass is 582 g/mol. The van der Waals surface area contributed by atoms with Crippen molar-refractivity contribution in [1.82, 2.24) is 14.7 Å². The average molecular weight is 583 g/mol. The molecule has 2 aromatic heterocycles. The summed E-state index contributed by atoms with van der Waals surface area (Å²) in [6.45, 7) is -0.536. The maximum atomic E-state index is 15.4. The molecule has 0 aliphatic rings. The molecule has 5 rings (SSSR count). The first-order valence-electron chi connectivity index (χ1n) is 13.0. The summed E-state index contributed by atoms with van der Waals surface area (Å²) in [7, 11) is 0. The molecule has 5 aromatic rings. The fraction of sp³-hybridized carbons (Fsp3) is 0.233. The van der Waals surface area contributed by atoms with Gasteiger partial charge in [0.05, 0.1) is 42.0 Å². The lowest BCUT2D eigenvalue weighted by Crippen LogP contribution is -2.30. The van der Waals surface area contributed by atoms with E-state index in [0.717, 1.165) is 23.8 Å². The van der Waals surface area contributed by atoms with Crippen LogP contribution in [-0.4, -0.2) is 51.2 Å². The fourth-order valence-corrected chi connectivity index (χ4v) is 4.73. The molecule has 2 N–H and O–H groups in total. The Morgan fingerprint density at radius 2 is 1.62 bits per heavy atom. The molecule has 0 radical (unpaired) electrons. The zero-order valence-electron chi connectivity index (χ0n) is 22.2. The lowest BCUT2D eigenvalue weighted by molar-refractivity contribution is -0.137. The lowest BCUT2D eigenvalue weighted by Gasteiger charge is -2.24. The van der Waals surface area contributed by atoms with Gasteiger partial charge in [0.25, 0.3) is 0 Å². The van der Waals surface area contributed by atoms with Gasteiger partial charge in [-0.15, -0.1) is 0 Å². The number of alkyl halides is 3. The normalized spacial score (nSPS) is 11.8. The fourth-order valence-electron chi connectivity index (χ4n) is 4.73. The van der Waals surface area contributed by atoms with Crippen LogP contribution in [-0.2, 0) is 19.1 Å². The number of aliphatic hydroxyl groups is 2. The van der Waals surface area contributed by atoms with E-state index < -0.39 is 23.0 Å². The van der Waals surface area contributed by atoms with Gasteiger partial charge in [-0.05, 0) is 35.4 Å². The van der Waals surface area contributed by atoms with E-state index in [1.54, 1.807) is 4.57 Å². The van der Waals surface area contributed by atoms with Gasteiger partial charge >= 0.3 is 6.18 Å². The SMILES string of the molecule is O=c1c(-c2noc(Cc3ccccc3)n2)cn(Cc2ccc(C(F)(F)F)cc2)c2cc(N(CCO)CCO)c(F)cc12. The van der Waals surface area contributed by atoms with Crippen LogP contribution in [0.5, 0.6) is 0 Å². The highest BCUT2D eigenvalue weighted by Gasteiger charge is 2.30. The third-order valence-electron chi connectivity index (χ3n) is 6.77. The van der Waals surface area contributed by atoms with Gasteiger partial charge < -0.3 is 24.2 Å². The summed E-state index contributed by atoms with van der Waals surface area (Å²) in [5, 5.41) is 22.9. The predicted molar refractivity (Wildman–Crippen MR) is 148 cm³/mol. The van der Waals surface area contributed by atoms with Crippen molar-refractivity contribution in [3.63, 3.8) is 0 Å². The standard InChI is InChI=1S/C30H26F4N4O4/c31-24-15-22-25(16-26(24)37(10-12-39)11-13-40)38(17-20-6-8-21(9-7-20)30(32,33)34)18-23(28(22)41)29-35-27(42-36-29)14-19-4-2-1-3-5-19/h1-9,15-16,18,39-40H,10-14,17H2. The van der Waals surface area contributed by atoms with Crippen molar-refractivity contribution in [2.45, 2.75) is 19.1 Å². The zero-order chi connectivity index (χ0) is 29.9. The molecule has 3 aromatic carbocycles. The Labute approximate surface area is 237 Å². The Morgan fingerprint density at radius 3 is 2.26 bits per heavy atom. The number of aliphatic hydroxyl groups excluding tert-OH is 2. The van der Waals surface area contributed by atoms with E-state index in [0.29, 0.717) is 12.0 Å². The van der Waals surface area contributed by atoms with Gasteiger partial charge in [0, 0.05) is 31.2 Å². The molecule has 218 valence electrons. The van der Waals surface area contributed by atoms with Crippen molar-refractivity contribution in [1.29, 1.82) is 0 Å². The molecule has 0 saturated carbocycles. The van der Waals surface area contributed by atoms with Crippen LogP contribution >= 0.6 is 0 Å². The first-order chi connectivity index (χ1) is 20.2. The minimum Gasteiger partial charge on any atom is -0.395 e. The summed E-state index contributed by atoms with van der Waals surface area (Å²) in [6.07, 6.45) is -2.71. The molecule has 0 fully saturated rings. The predicted octanol–water partition coefficient (Wildman–Crippen LogP) is 4.64. The zero-order valence-corrected chi connectivity index (χ0v) is 22.2. The smallest absolute Gasteiger partial charge is 0.395 e. The molecule has 0 bridgehead atoms. The minimum absolute atomic E-state index is 0.0111. The molecule has 0 aliphatic heterocycles. The van der Waals surface area contributed by atoms with E-state index in [-0.39, 0.29) is 66.7 Å². The lowest BCUT2D eigenvalue weighted by atomic mass is 10.1. The van der Waals surface area contributed by atoms with Gasteiger partial charge in [-0.25, -0.2) is 4.39 Å². The summed E-state index contributed by atoms with van der Waals surface area (Å²) in [4.78, 5) is 19.4. The van der Waals surface area contributed by atoms with Crippen LogP contribution in [0.2, 0.25) is 0 Å². The summed E-state index contributed by atoms with van der Waals surface area (Å²) in [6, 6.07) is 16.4. The Morgan fingerprint density at radius 1 is 0.929 bits per heavy atom. The number of aromatic nitrogens is 3. The Hall–Kier alpha value is -4.55. The van der Waals surface area contributed by atoms with E-state index in [4.69, 9.17) is 4.52 Å². The highest BCUT2D eigenvalue weighted by atomic mass is 19.4. The molecule has 42 heavy (non-hydrogen) atoms. The highest BCUT2D eigenvalue weighted by molar-refractivity contribution is 5.86. The Balaban J connectivity index is 1.63. The molecule has 8 nitrogen and oxygen atoms in total. The summed E-state index contributed by atoms with van der Waals surface area (Å²) in [5.41, 5.74) is 0.385. The number of nitrogens with zero attached hydrogens (tertiary/aromatic N) is 4. The van der Waals surface area contributed by atoms with Crippen molar-refractivity contribution in [2.75, 3.05) is 31.2 Å².